The molecule has 1 fully saturated rings. The maximum atomic E-state index is 5.63. The number of rotatable bonds is 4. The van der Waals surface area contributed by atoms with Gasteiger partial charge in [-0.3, -0.25) is 0 Å². The minimum absolute atomic E-state index is 0.351. The predicted molar refractivity (Wildman–Crippen MR) is 75.4 cm³/mol. The van der Waals surface area contributed by atoms with E-state index in [2.05, 4.69) is 22.2 Å². The molecule has 4 heteroatoms. The molecule has 1 aliphatic rings. The molecule has 0 saturated heterocycles. The lowest BCUT2D eigenvalue weighted by Crippen LogP contribution is -2.16. The van der Waals surface area contributed by atoms with Gasteiger partial charge in [0, 0.05) is 18.3 Å². The van der Waals surface area contributed by atoms with E-state index in [4.69, 9.17) is 5.73 Å². The highest BCUT2D eigenvalue weighted by atomic mass is 15.1. The number of hydrogen-bond donors (Lipinski definition) is 2. The molecule has 0 amide bonds. The molecule has 1 heterocycles. The highest BCUT2D eigenvalue weighted by Gasteiger charge is 2.17. The van der Waals surface area contributed by atoms with E-state index < -0.39 is 0 Å². The normalized spacial score (nSPS) is 23.9. The SMILES string of the molecule is Cc1cc(NCCC2CCC(C)CC2)nc(N)n1. The van der Waals surface area contributed by atoms with Gasteiger partial charge >= 0.3 is 0 Å². The molecule has 0 radical (unpaired) electrons. The summed E-state index contributed by atoms with van der Waals surface area (Å²) in [7, 11) is 0. The number of nitrogens with two attached hydrogens (primary N) is 1. The Labute approximate surface area is 109 Å². The zero-order valence-corrected chi connectivity index (χ0v) is 11.4. The third-order valence-electron chi connectivity index (χ3n) is 3.87. The van der Waals surface area contributed by atoms with Gasteiger partial charge in [0.15, 0.2) is 0 Å². The molecule has 0 atom stereocenters. The summed E-state index contributed by atoms with van der Waals surface area (Å²) >= 11 is 0. The van der Waals surface area contributed by atoms with Crippen LogP contribution in [0.4, 0.5) is 11.8 Å². The number of aromatic nitrogens is 2. The van der Waals surface area contributed by atoms with Crippen molar-refractivity contribution in [3.8, 4) is 0 Å². The Bertz CT molecular complexity index is 363. The van der Waals surface area contributed by atoms with Crippen molar-refractivity contribution in [3.63, 3.8) is 0 Å². The molecule has 0 spiro atoms. The first-order valence-electron chi connectivity index (χ1n) is 6.98. The van der Waals surface area contributed by atoms with Crippen molar-refractivity contribution in [2.24, 2.45) is 11.8 Å². The number of nitrogens with one attached hydrogen (secondary N) is 1. The van der Waals surface area contributed by atoms with Crippen LogP contribution in [0.15, 0.2) is 6.07 Å². The lowest BCUT2D eigenvalue weighted by Gasteiger charge is -2.26. The van der Waals surface area contributed by atoms with E-state index in [1.807, 2.05) is 13.0 Å². The zero-order chi connectivity index (χ0) is 13.0. The van der Waals surface area contributed by atoms with Gasteiger partial charge in [-0.25, -0.2) is 4.98 Å². The first kappa shape index (κ1) is 13.1. The monoisotopic (exact) mass is 248 g/mol. The summed E-state index contributed by atoms with van der Waals surface area (Å²) in [5.41, 5.74) is 6.54. The quantitative estimate of drug-likeness (QED) is 0.859. The van der Waals surface area contributed by atoms with Crippen LogP contribution in [0.3, 0.4) is 0 Å². The van der Waals surface area contributed by atoms with Crippen LogP contribution in [-0.2, 0) is 0 Å². The van der Waals surface area contributed by atoms with Gasteiger partial charge in [-0.05, 0) is 25.2 Å². The summed E-state index contributed by atoms with van der Waals surface area (Å²) in [4.78, 5) is 8.25. The first-order chi connectivity index (χ1) is 8.63. The van der Waals surface area contributed by atoms with E-state index in [0.717, 1.165) is 29.9 Å². The second kappa shape index (κ2) is 6.03. The molecule has 4 nitrogen and oxygen atoms in total. The van der Waals surface area contributed by atoms with Crippen molar-refractivity contribution < 1.29 is 0 Å². The summed E-state index contributed by atoms with van der Waals surface area (Å²) in [6, 6.07) is 1.94. The van der Waals surface area contributed by atoms with E-state index in [1.54, 1.807) is 0 Å². The summed E-state index contributed by atoms with van der Waals surface area (Å²) in [5, 5.41) is 3.35. The van der Waals surface area contributed by atoms with Crippen molar-refractivity contribution in [1.29, 1.82) is 0 Å². The molecule has 100 valence electrons. The van der Waals surface area contributed by atoms with Crippen molar-refractivity contribution in [1.82, 2.24) is 9.97 Å². The number of nitrogen functional groups attached to an aromatic ring is 1. The van der Waals surface area contributed by atoms with Crippen LogP contribution >= 0.6 is 0 Å². The van der Waals surface area contributed by atoms with Crippen LogP contribution in [0.2, 0.25) is 0 Å². The van der Waals surface area contributed by atoms with Gasteiger partial charge in [0.1, 0.15) is 5.82 Å². The highest BCUT2D eigenvalue weighted by molar-refractivity contribution is 5.39. The summed E-state index contributed by atoms with van der Waals surface area (Å²) in [5.74, 6) is 3.01. The Morgan fingerprint density at radius 3 is 2.67 bits per heavy atom. The lowest BCUT2D eigenvalue weighted by molar-refractivity contribution is 0.282. The smallest absolute Gasteiger partial charge is 0.222 e. The fourth-order valence-electron chi connectivity index (χ4n) is 2.70. The van der Waals surface area contributed by atoms with Gasteiger partial charge < -0.3 is 11.1 Å². The fourth-order valence-corrected chi connectivity index (χ4v) is 2.70. The first-order valence-corrected chi connectivity index (χ1v) is 6.98. The lowest BCUT2D eigenvalue weighted by atomic mass is 9.81. The molecule has 0 bridgehead atoms. The van der Waals surface area contributed by atoms with E-state index in [0.29, 0.717) is 5.95 Å². The average molecular weight is 248 g/mol. The van der Waals surface area contributed by atoms with Crippen molar-refractivity contribution in [2.75, 3.05) is 17.6 Å². The largest absolute Gasteiger partial charge is 0.370 e. The molecule has 3 N–H and O–H groups in total. The molecule has 1 aromatic rings. The molecule has 1 aromatic heterocycles. The molecule has 1 saturated carbocycles. The second-order valence-electron chi connectivity index (χ2n) is 5.59. The number of aryl methyl sites for hydroxylation is 1. The van der Waals surface area contributed by atoms with Crippen LogP contribution in [0.1, 0.15) is 44.7 Å². The Balaban J connectivity index is 1.74. The summed E-state index contributed by atoms with van der Waals surface area (Å²) in [6.45, 7) is 5.28. The Kier molecular flexibility index (Phi) is 4.39. The number of anilines is 2. The van der Waals surface area contributed by atoms with Crippen LogP contribution in [0, 0.1) is 18.8 Å². The van der Waals surface area contributed by atoms with E-state index in [9.17, 15) is 0 Å². The van der Waals surface area contributed by atoms with E-state index in [1.165, 1.54) is 32.1 Å². The third kappa shape index (κ3) is 3.86. The Morgan fingerprint density at radius 2 is 2.00 bits per heavy atom. The molecule has 1 aliphatic carbocycles. The highest BCUT2D eigenvalue weighted by Crippen LogP contribution is 2.30. The van der Waals surface area contributed by atoms with Crippen molar-refractivity contribution in [2.45, 2.75) is 46.0 Å². The molecule has 0 aliphatic heterocycles. The topological polar surface area (TPSA) is 63.8 Å². The Hall–Kier alpha value is -1.32. The van der Waals surface area contributed by atoms with Gasteiger partial charge in [0.2, 0.25) is 5.95 Å². The standard InChI is InChI=1S/C14H24N4/c1-10-3-5-12(6-4-10)7-8-16-13-9-11(2)17-14(15)18-13/h9-10,12H,3-8H2,1-2H3,(H3,15,16,17,18). The third-order valence-corrected chi connectivity index (χ3v) is 3.87. The van der Waals surface area contributed by atoms with Crippen LogP contribution < -0.4 is 11.1 Å². The number of nitrogens with zero attached hydrogens (tertiary/aromatic N) is 2. The zero-order valence-electron chi connectivity index (χ0n) is 11.4. The van der Waals surface area contributed by atoms with Gasteiger partial charge in [0.25, 0.3) is 0 Å². The number of hydrogen-bond acceptors (Lipinski definition) is 4. The second-order valence-corrected chi connectivity index (χ2v) is 5.59. The predicted octanol–water partition coefficient (Wildman–Crippen LogP) is 3.00. The summed E-state index contributed by atoms with van der Waals surface area (Å²) in [6.07, 6.45) is 6.78. The minimum atomic E-state index is 0.351. The molecule has 0 unspecified atom stereocenters. The molecular formula is C14H24N4. The van der Waals surface area contributed by atoms with E-state index >= 15 is 0 Å². The average Bonchev–Trinajstić information content (AvgIpc) is 2.30. The van der Waals surface area contributed by atoms with Crippen LogP contribution in [-0.4, -0.2) is 16.5 Å². The Morgan fingerprint density at radius 1 is 1.28 bits per heavy atom. The van der Waals surface area contributed by atoms with Gasteiger partial charge in [-0.1, -0.05) is 32.6 Å². The maximum Gasteiger partial charge on any atom is 0.222 e. The molecule has 2 rings (SSSR count). The van der Waals surface area contributed by atoms with Gasteiger partial charge in [0.05, 0.1) is 0 Å². The fraction of sp³-hybridized carbons (Fsp3) is 0.714. The summed E-state index contributed by atoms with van der Waals surface area (Å²) < 4.78 is 0. The molecule has 18 heavy (non-hydrogen) atoms. The van der Waals surface area contributed by atoms with Crippen LogP contribution in [0.5, 0.6) is 0 Å². The van der Waals surface area contributed by atoms with Gasteiger partial charge in [-0.2, -0.15) is 4.98 Å². The maximum absolute atomic E-state index is 5.63. The van der Waals surface area contributed by atoms with Crippen LogP contribution in [0.25, 0.3) is 0 Å². The minimum Gasteiger partial charge on any atom is -0.370 e. The van der Waals surface area contributed by atoms with Gasteiger partial charge in [-0.15, -0.1) is 0 Å². The molecular weight excluding hydrogens is 224 g/mol. The van der Waals surface area contributed by atoms with Crippen molar-refractivity contribution >= 4 is 11.8 Å². The van der Waals surface area contributed by atoms with E-state index in [-0.39, 0.29) is 0 Å². The van der Waals surface area contributed by atoms with Crippen molar-refractivity contribution in [3.05, 3.63) is 11.8 Å². The molecule has 0 aromatic carbocycles.